The maximum atomic E-state index is 5.83. The molecule has 0 unspecified atom stereocenters. The number of benzene rings is 1. The van der Waals surface area contributed by atoms with Crippen LogP contribution in [0.3, 0.4) is 0 Å². The summed E-state index contributed by atoms with van der Waals surface area (Å²) in [6.45, 7) is 1.27. The first-order chi connectivity index (χ1) is 12.3. The number of nitrogens with zero attached hydrogens (tertiary/aromatic N) is 5. The third-order valence-electron chi connectivity index (χ3n) is 3.40. The molecule has 0 saturated heterocycles. The minimum Gasteiger partial charge on any atom is -0.493 e. The van der Waals surface area contributed by atoms with E-state index in [1.807, 2.05) is 24.3 Å². The smallest absolute Gasteiger partial charge is 0.234 e. The molecule has 0 atom stereocenters. The van der Waals surface area contributed by atoms with Gasteiger partial charge in [0.25, 0.3) is 0 Å². The van der Waals surface area contributed by atoms with Gasteiger partial charge in [0, 0.05) is 5.75 Å². The molecule has 1 aliphatic rings. The van der Waals surface area contributed by atoms with Crippen molar-refractivity contribution in [1.29, 1.82) is 0 Å². The number of hydrogen-bond donors (Lipinski definition) is 0. The number of aliphatic imine (C=N–C) groups is 1. The summed E-state index contributed by atoms with van der Waals surface area (Å²) in [7, 11) is 1.63. The van der Waals surface area contributed by atoms with Gasteiger partial charge in [-0.05, 0) is 12.1 Å². The van der Waals surface area contributed by atoms with Gasteiger partial charge in [-0.3, -0.25) is 4.99 Å². The number of ether oxygens (including phenoxy) is 2. The lowest BCUT2D eigenvalue weighted by atomic mass is 10.3. The van der Waals surface area contributed by atoms with Crippen molar-refractivity contribution in [3.8, 4) is 11.5 Å². The molecule has 1 aromatic carbocycles. The molecule has 1 aliphatic heterocycles. The van der Waals surface area contributed by atoms with Gasteiger partial charge in [0.1, 0.15) is 11.0 Å². The second-order valence-corrected chi connectivity index (χ2v) is 8.38. The quantitative estimate of drug-likeness (QED) is 0.637. The Morgan fingerprint density at radius 1 is 1.24 bits per heavy atom. The van der Waals surface area contributed by atoms with E-state index in [-0.39, 0.29) is 0 Å². The van der Waals surface area contributed by atoms with Crippen molar-refractivity contribution in [2.75, 3.05) is 19.4 Å². The van der Waals surface area contributed by atoms with E-state index in [4.69, 9.17) is 9.47 Å². The van der Waals surface area contributed by atoms with Crippen LogP contribution in [0.15, 0.2) is 29.3 Å². The summed E-state index contributed by atoms with van der Waals surface area (Å²) in [6.07, 6.45) is 0. The summed E-state index contributed by atoms with van der Waals surface area (Å²) in [6, 6.07) is 7.56. The lowest BCUT2D eigenvalue weighted by Crippen LogP contribution is -2.00. The molecule has 0 spiro atoms. The maximum Gasteiger partial charge on any atom is 0.234 e. The van der Waals surface area contributed by atoms with Crippen LogP contribution in [0.2, 0.25) is 0 Å². The summed E-state index contributed by atoms with van der Waals surface area (Å²) in [5, 5.41) is 13.8. The summed E-state index contributed by atoms with van der Waals surface area (Å²) >= 11 is 4.95. The van der Waals surface area contributed by atoms with Gasteiger partial charge in [-0.15, -0.1) is 10.2 Å². The van der Waals surface area contributed by atoms with Crippen LogP contribution in [0.5, 0.6) is 11.5 Å². The Hall–Kier alpha value is -1.78. The van der Waals surface area contributed by atoms with E-state index < -0.39 is 0 Å². The highest BCUT2D eigenvalue weighted by Crippen LogP contribution is 2.28. The van der Waals surface area contributed by atoms with E-state index in [0.717, 1.165) is 32.5 Å². The molecule has 7 nitrogen and oxygen atoms in total. The fraction of sp³-hybridized carbons (Fsp3) is 0.333. The number of thioether (sulfide) groups is 2. The number of aromatic nitrogens is 4. The van der Waals surface area contributed by atoms with E-state index in [2.05, 4.69) is 20.3 Å². The summed E-state index contributed by atoms with van der Waals surface area (Å²) in [5.41, 5.74) is 0. The highest BCUT2D eigenvalue weighted by Gasteiger charge is 2.15. The van der Waals surface area contributed by atoms with Crippen LogP contribution in [0.25, 0.3) is 4.96 Å². The Labute approximate surface area is 156 Å². The van der Waals surface area contributed by atoms with Crippen molar-refractivity contribution in [2.24, 2.45) is 4.99 Å². The van der Waals surface area contributed by atoms with Gasteiger partial charge in [-0.1, -0.05) is 47.0 Å². The molecule has 0 radical (unpaired) electrons. The molecule has 0 N–H and O–H groups in total. The van der Waals surface area contributed by atoms with Crippen molar-refractivity contribution < 1.29 is 9.47 Å². The molecule has 130 valence electrons. The molecular formula is C15H15N5O2S3. The predicted molar refractivity (Wildman–Crippen MR) is 102 cm³/mol. The minimum absolute atomic E-state index is 0.365. The molecule has 0 saturated carbocycles. The molecule has 0 bridgehead atoms. The second-order valence-electron chi connectivity index (χ2n) is 5.03. The Kier molecular flexibility index (Phi) is 5.09. The molecule has 3 aromatic rings. The molecule has 25 heavy (non-hydrogen) atoms. The zero-order valence-corrected chi connectivity index (χ0v) is 15.9. The molecular weight excluding hydrogens is 378 g/mol. The van der Waals surface area contributed by atoms with Crippen molar-refractivity contribution in [1.82, 2.24) is 19.8 Å². The number of hydrogen-bond acceptors (Lipinski definition) is 9. The summed E-state index contributed by atoms with van der Waals surface area (Å²) in [5.74, 6) is 4.01. The van der Waals surface area contributed by atoms with Crippen molar-refractivity contribution in [2.45, 2.75) is 12.4 Å². The van der Waals surface area contributed by atoms with E-state index in [1.165, 1.54) is 11.3 Å². The van der Waals surface area contributed by atoms with Gasteiger partial charge in [-0.2, -0.15) is 9.61 Å². The van der Waals surface area contributed by atoms with Crippen LogP contribution in [0.4, 0.5) is 0 Å². The topological polar surface area (TPSA) is 73.9 Å². The first-order valence-electron chi connectivity index (χ1n) is 7.59. The average molecular weight is 394 g/mol. The van der Waals surface area contributed by atoms with Gasteiger partial charge < -0.3 is 9.47 Å². The van der Waals surface area contributed by atoms with E-state index in [1.54, 1.807) is 35.1 Å². The fourth-order valence-electron chi connectivity index (χ4n) is 2.25. The number of fused-ring (bicyclic) bond motifs is 1. The number of methoxy groups -OCH3 is 1. The molecule has 10 heteroatoms. The zero-order valence-electron chi connectivity index (χ0n) is 13.4. The van der Waals surface area contributed by atoms with Crippen LogP contribution in [0.1, 0.15) is 10.8 Å². The largest absolute Gasteiger partial charge is 0.493 e. The standard InChI is InChI=1S/C15H15N5O2S3/c1-21-10-4-2-3-5-11(10)22-8-13-19-20-12(17-18-14(20)25-13)9-24-15-16-6-7-23-15/h2-5H,6-9H2,1H3. The van der Waals surface area contributed by atoms with Gasteiger partial charge >= 0.3 is 0 Å². The molecule has 4 rings (SSSR count). The first kappa shape index (κ1) is 16.7. The van der Waals surface area contributed by atoms with Crippen LogP contribution < -0.4 is 9.47 Å². The van der Waals surface area contributed by atoms with Gasteiger partial charge in [0.05, 0.1) is 19.4 Å². The normalized spacial score (nSPS) is 14.0. The predicted octanol–water partition coefficient (Wildman–Crippen LogP) is 3.11. The fourth-order valence-corrected chi connectivity index (χ4v) is 4.93. The number of rotatable bonds is 6. The highest BCUT2D eigenvalue weighted by molar-refractivity contribution is 8.38. The van der Waals surface area contributed by atoms with Crippen molar-refractivity contribution in [3.05, 3.63) is 35.1 Å². The second kappa shape index (κ2) is 7.63. The third kappa shape index (κ3) is 3.75. The van der Waals surface area contributed by atoms with E-state index >= 15 is 0 Å². The third-order valence-corrected chi connectivity index (χ3v) is 6.52. The molecule has 0 amide bonds. The van der Waals surface area contributed by atoms with Crippen molar-refractivity contribution in [3.63, 3.8) is 0 Å². The van der Waals surface area contributed by atoms with Gasteiger partial charge in [-0.25, -0.2) is 0 Å². The Morgan fingerprint density at radius 3 is 2.92 bits per heavy atom. The van der Waals surface area contributed by atoms with Gasteiger partial charge in [0.2, 0.25) is 4.96 Å². The Morgan fingerprint density at radius 2 is 2.12 bits per heavy atom. The Bertz CT molecular complexity index is 908. The lowest BCUT2D eigenvalue weighted by Gasteiger charge is -2.08. The SMILES string of the molecule is COc1ccccc1OCc1nn2c(CSC3=NCCS3)nnc2s1. The monoisotopic (exact) mass is 393 g/mol. The van der Waals surface area contributed by atoms with Crippen LogP contribution in [0, 0.1) is 0 Å². The van der Waals surface area contributed by atoms with E-state index in [0.29, 0.717) is 23.9 Å². The minimum atomic E-state index is 0.365. The van der Waals surface area contributed by atoms with Crippen molar-refractivity contribution >= 4 is 44.2 Å². The van der Waals surface area contributed by atoms with Gasteiger partial charge in [0.15, 0.2) is 22.3 Å². The average Bonchev–Trinajstić information content (AvgIpc) is 3.36. The Balaban J connectivity index is 1.44. The number of para-hydroxylation sites is 2. The summed E-state index contributed by atoms with van der Waals surface area (Å²) in [4.78, 5) is 5.21. The van der Waals surface area contributed by atoms with Crippen LogP contribution in [-0.2, 0) is 12.4 Å². The van der Waals surface area contributed by atoms with E-state index in [9.17, 15) is 0 Å². The molecule has 0 aliphatic carbocycles. The zero-order chi connectivity index (χ0) is 17.1. The molecule has 2 aromatic heterocycles. The van der Waals surface area contributed by atoms with Crippen LogP contribution in [-0.4, -0.2) is 43.6 Å². The van der Waals surface area contributed by atoms with Crippen LogP contribution >= 0.6 is 34.9 Å². The lowest BCUT2D eigenvalue weighted by molar-refractivity contribution is 0.283. The summed E-state index contributed by atoms with van der Waals surface area (Å²) < 4.78 is 14.0. The first-order valence-corrected chi connectivity index (χ1v) is 10.4. The maximum absolute atomic E-state index is 5.83. The molecule has 0 fully saturated rings. The highest BCUT2D eigenvalue weighted by atomic mass is 32.2. The molecule has 3 heterocycles.